The molecule has 1 fully saturated rings. The first-order chi connectivity index (χ1) is 19.1. The molecule has 40 heavy (non-hydrogen) atoms. The van der Waals surface area contributed by atoms with E-state index in [1.807, 2.05) is 0 Å². The van der Waals surface area contributed by atoms with Crippen molar-refractivity contribution in [3.63, 3.8) is 0 Å². The lowest BCUT2D eigenvalue weighted by Gasteiger charge is -2.32. The van der Waals surface area contributed by atoms with Crippen molar-refractivity contribution in [1.82, 2.24) is 4.90 Å². The van der Waals surface area contributed by atoms with Crippen LogP contribution < -0.4 is 4.74 Å². The molecule has 214 valence electrons. The van der Waals surface area contributed by atoms with E-state index in [0.717, 1.165) is 44.6 Å². The first-order valence-electron chi connectivity index (χ1n) is 14.2. The summed E-state index contributed by atoms with van der Waals surface area (Å²) in [6.45, 7) is 3.92. The molecule has 0 unspecified atom stereocenters. The van der Waals surface area contributed by atoms with E-state index in [1.54, 1.807) is 0 Å². The molecule has 1 saturated heterocycles. The highest BCUT2D eigenvalue weighted by atomic mass is 35.5. The Balaban J connectivity index is 0.00000370. The summed E-state index contributed by atoms with van der Waals surface area (Å²) in [5.74, 6) is 1.55. The Bertz CT molecular complexity index is 1190. The summed E-state index contributed by atoms with van der Waals surface area (Å²) < 4.78 is 16.5. The molecule has 2 aliphatic carbocycles. The molecule has 7 heteroatoms. The monoisotopic (exact) mass is 565 g/mol. The van der Waals surface area contributed by atoms with Gasteiger partial charge in [-0.1, -0.05) is 42.5 Å². The second kappa shape index (κ2) is 14.0. The fourth-order valence-corrected chi connectivity index (χ4v) is 6.23. The Hall–Kier alpha value is -3.09. The smallest absolute Gasteiger partial charge is 0.228 e. The third kappa shape index (κ3) is 6.79. The molecule has 3 aliphatic rings. The van der Waals surface area contributed by atoms with E-state index >= 15 is 0 Å². The molecule has 0 amide bonds. The van der Waals surface area contributed by atoms with Gasteiger partial charge in [0.15, 0.2) is 0 Å². The molecule has 6 nitrogen and oxygen atoms in total. The molecular formula is C33H40ClNO5. The summed E-state index contributed by atoms with van der Waals surface area (Å²) >= 11 is 0. The second-order valence-electron chi connectivity index (χ2n) is 10.9. The van der Waals surface area contributed by atoms with Crippen LogP contribution in [-0.2, 0) is 25.6 Å². The summed E-state index contributed by atoms with van der Waals surface area (Å²) in [6, 6.07) is 19.4. The number of Topliss-reactive ketones (excluding diaryl/α,β-unsaturated/α-hetero) is 2. The number of nitrogens with zero attached hydrogens (tertiary/aromatic N) is 1. The van der Waals surface area contributed by atoms with Crippen molar-refractivity contribution in [2.45, 2.75) is 57.4 Å². The number of allylic oxidation sites excluding steroid dienone is 2. The highest BCUT2D eigenvalue weighted by Crippen LogP contribution is 2.37. The van der Waals surface area contributed by atoms with E-state index in [-0.39, 0.29) is 35.5 Å². The number of rotatable bonds is 9. The Kier molecular flexibility index (Phi) is 10.5. The molecule has 0 N–H and O–H groups in total. The minimum Gasteiger partial charge on any atom is -0.494 e. The summed E-state index contributed by atoms with van der Waals surface area (Å²) in [5, 5.41) is 0. The van der Waals surface area contributed by atoms with Crippen LogP contribution in [0, 0.1) is 5.92 Å². The molecule has 1 heterocycles. The van der Waals surface area contributed by atoms with Crippen molar-refractivity contribution < 1.29 is 23.8 Å². The quantitative estimate of drug-likeness (QED) is 0.328. The van der Waals surface area contributed by atoms with Crippen LogP contribution in [0.25, 0.3) is 0 Å². The average Bonchev–Trinajstić information content (AvgIpc) is 3.19. The molecule has 2 aromatic rings. The van der Waals surface area contributed by atoms with Crippen molar-refractivity contribution in [2.24, 2.45) is 5.92 Å². The van der Waals surface area contributed by atoms with E-state index in [1.165, 1.54) is 38.2 Å². The van der Waals surface area contributed by atoms with Crippen molar-refractivity contribution in [3.05, 3.63) is 88.4 Å². The maximum absolute atomic E-state index is 12.9. The number of ketones is 2. The first kappa shape index (κ1) is 29.9. The number of piperidine rings is 1. The maximum Gasteiger partial charge on any atom is 0.228 e. The Labute approximate surface area is 243 Å². The van der Waals surface area contributed by atoms with Gasteiger partial charge in [0.2, 0.25) is 23.1 Å². The molecule has 0 aromatic heterocycles. The normalized spacial score (nSPS) is 19.1. The first-order valence-corrected chi connectivity index (χ1v) is 14.2. The number of carbonyl (C=O) groups excluding carboxylic acids is 2. The number of hydrogen-bond acceptors (Lipinski definition) is 6. The summed E-state index contributed by atoms with van der Waals surface area (Å²) in [5.41, 5.74) is 3.98. The van der Waals surface area contributed by atoms with Crippen LogP contribution in [0.3, 0.4) is 0 Å². The minimum absolute atomic E-state index is 0. The lowest BCUT2D eigenvalue weighted by Crippen LogP contribution is -2.32. The van der Waals surface area contributed by atoms with E-state index in [9.17, 15) is 9.59 Å². The number of likely N-dealkylation sites (tertiary alicyclic amines) is 1. The number of halogens is 1. The lowest BCUT2D eigenvalue weighted by atomic mass is 9.89. The SMILES string of the molecule is COC1=C(OC)C(=O)C2=C(CCC(CCOc3ccc(C4CCN(Cc5ccccc5)CC4)cc3)CC2)C1=O.Cl. The van der Waals surface area contributed by atoms with Gasteiger partial charge in [0.25, 0.3) is 0 Å². The van der Waals surface area contributed by atoms with E-state index in [0.29, 0.717) is 42.4 Å². The Morgan fingerprint density at radius 1 is 0.775 bits per heavy atom. The molecule has 2 aromatic carbocycles. The van der Waals surface area contributed by atoms with Gasteiger partial charge in [-0.05, 0) is 93.1 Å². The highest BCUT2D eigenvalue weighted by Gasteiger charge is 2.37. The van der Waals surface area contributed by atoms with Crippen LogP contribution in [0.2, 0.25) is 0 Å². The van der Waals surface area contributed by atoms with Crippen molar-refractivity contribution >= 4 is 24.0 Å². The molecule has 1 aliphatic heterocycles. The van der Waals surface area contributed by atoms with Crippen LogP contribution in [0.15, 0.2) is 77.3 Å². The van der Waals surface area contributed by atoms with Crippen molar-refractivity contribution in [2.75, 3.05) is 33.9 Å². The van der Waals surface area contributed by atoms with Crippen LogP contribution in [-0.4, -0.2) is 50.4 Å². The van der Waals surface area contributed by atoms with Gasteiger partial charge in [0.05, 0.1) is 20.8 Å². The summed E-state index contributed by atoms with van der Waals surface area (Å²) in [4.78, 5) is 28.3. The van der Waals surface area contributed by atoms with Gasteiger partial charge in [0.1, 0.15) is 5.75 Å². The molecular weight excluding hydrogens is 526 g/mol. The fourth-order valence-electron chi connectivity index (χ4n) is 6.23. The highest BCUT2D eigenvalue weighted by molar-refractivity contribution is 6.23. The van der Waals surface area contributed by atoms with Gasteiger partial charge in [-0.15, -0.1) is 12.4 Å². The van der Waals surface area contributed by atoms with Crippen LogP contribution in [0.4, 0.5) is 0 Å². The lowest BCUT2D eigenvalue weighted by molar-refractivity contribution is -0.121. The van der Waals surface area contributed by atoms with Gasteiger partial charge in [-0.25, -0.2) is 0 Å². The largest absolute Gasteiger partial charge is 0.494 e. The predicted molar refractivity (Wildman–Crippen MR) is 158 cm³/mol. The second-order valence-corrected chi connectivity index (χ2v) is 10.9. The van der Waals surface area contributed by atoms with Gasteiger partial charge in [-0.3, -0.25) is 14.5 Å². The third-order valence-corrected chi connectivity index (χ3v) is 8.53. The fraction of sp³-hybridized carbons (Fsp3) is 0.455. The number of hydrogen-bond donors (Lipinski definition) is 0. The average molecular weight is 566 g/mol. The zero-order valence-electron chi connectivity index (χ0n) is 23.5. The topological polar surface area (TPSA) is 65.1 Å². The van der Waals surface area contributed by atoms with Gasteiger partial charge < -0.3 is 14.2 Å². The molecule has 0 atom stereocenters. The van der Waals surface area contributed by atoms with E-state index in [2.05, 4.69) is 59.5 Å². The molecule has 0 saturated carbocycles. The van der Waals surface area contributed by atoms with E-state index in [4.69, 9.17) is 14.2 Å². The number of methoxy groups -OCH3 is 2. The van der Waals surface area contributed by atoms with Gasteiger partial charge >= 0.3 is 0 Å². The predicted octanol–water partition coefficient (Wildman–Crippen LogP) is 6.40. The van der Waals surface area contributed by atoms with Crippen LogP contribution in [0.5, 0.6) is 5.75 Å². The summed E-state index contributed by atoms with van der Waals surface area (Å²) in [6.07, 6.45) is 6.17. The van der Waals surface area contributed by atoms with Crippen molar-refractivity contribution in [1.29, 1.82) is 0 Å². The zero-order valence-corrected chi connectivity index (χ0v) is 24.3. The Morgan fingerprint density at radius 2 is 1.35 bits per heavy atom. The number of ether oxygens (including phenoxy) is 3. The third-order valence-electron chi connectivity index (χ3n) is 8.53. The van der Waals surface area contributed by atoms with Gasteiger partial charge in [-0.2, -0.15) is 0 Å². The number of benzene rings is 2. The van der Waals surface area contributed by atoms with E-state index < -0.39 is 0 Å². The van der Waals surface area contributed by atoms with Crippen molar-refractivity contribution in [3.8, 4) is 5.75 Å². The minimum atomic E-state index is -0.206. The molecule has 0 spiro atoms. The van der Waals surface area contributed by atoms with Gasteiger partial charge in [0, 0.05) is 17.7 Å². The maximum atomic E-state index is 12.9. The molecule has 0 bridgehead atoms. The summed E-state index contributed by atoms with van der Waals surface area (Å²) in [7, 11) is 2.81. The molecule has 0 radical (unpaired) electrons. The Morgan fingerprint density at radius 3 is 1.90 bits per heavy atom. The van der Waals surface area contributed by atoms with Crippen LogP contribution in [0.1, 0.15) is 62.0 Å². The van der Waals surface area contributed by atoms with Crippen LogP contribution >= 0.6 is 12.4 Å². The zero-order chi connectivity index (χ0) is 27.2. The standard InChI is InChI=1S/C33H39NO5.ClH/c1-37-32-30(35)28-14-8-23(9-15-29(28)31(36)33(32)38-2)18-21-39-27-12-10-25(11-13-27)26-16-19-34(20-17-26)22-24-6-4-3-5-7-24;/h3-7,10-13,23,26H,8-9,14-22H2,1-2H3;1H. The number of carbonyl (C=O) groups is 2. The molecule has 5 rings (SSSR count).